The highest BCUT2D eigenvalue weighted by atomic mass is 15.3. The summed E-state index contributed by atoms with van der Waals surface area (Å²) < 4.78 is 0. The highest BCUT2D eigenvalue weighted by Crippen LogP contribution is 1.99. The van der Waals surface area contributed by atoms with Crippen LogP contribution >= 0.6 is 0 Å². The normalized spacial score (nSPS) is 40.7. The van der Waals surface area contributed by atoms with Gasteiger partial charge in [0, 0.05) is 6.54 Å². The predicted molar refractivity (Wildman–Crippen MR) is 36.2 cm³/mol. The van der Waals surface area contributed by atoms with E-state index in [1.54, 1.807) is 0 Å². The molecule has 0 aliphatic carbocycles. The van der Waals surface area contributed by atoms with E-state index in [1.165, 1.54) is 0 Å². The van der Waals surface area contributed by atoms with Crippen molar-refractivity contribution in [3.63, 3.8) is 0 Å². The molecule has 1 rings (SSSR count). The molecule has 0 amide bonds. The highest BCUT2D eigenvalue weighted by Gasteiger charge is 2.23. The lowest BCUT2D eigenvalue weighted by molar-refractivity contribution is 0.265. The number of nitrogens with zero attached hydrogens (tertiary/aromatic N) is 1. The topological polar surface area (TPSA) is 99.9 Å². The van der Waals surface area contributed by atoms with Gasteiger partial charge in [0.05, 0.1) is 18.2 Å². The van der Waals surface area contributed by atoms with Crippen LogP contribution in [0.2, 0.25) is 0 Å². The zero-order chi connectivity index (χ0) is 7.56. The molecule has 0 spiro atoms. The van der Waals surface area contributed by atoms with Crippen molar-refractivity contribution in [2.45, 2.75) is 12.5 Å². The molecule has 56 valence electrons. The lowest BCUT2D eigenvalue weighted by Gasteiger charge is -2.30. The van der Waals surface area contributed by atoms with Gasteiger partial charge in [-0.05, 0) is 0 Å². The fraction of sp³-hybridized carbons (Fsp3) is 0.800. The van der Waals surface area contributed by atoms with Crippen LogP contribution in [0, 0.1) is 17.2 Å². The Bertz CT molecular complexity index is 151. The van der Waals surface area contributed by atoms with E-state index in [1.807, 2.05) is 0 Å². The number of rotatable bonds is 0. The van der Waals surface area contributed by atoms with E-state index in [2.05, 4.69) is 16.7 Å². The van der Waals surface area contributed by atoms with Gasteiger partial charge < -0.3 is 11.5 Å². The maximum absolute atomic E-state index is 8.50. The predicted octanol–water partition coefficient (Wildman–Crippen LogP) is -2.15. The maximum atomic E-state index is 8.50. The Labute approximate surface area is 59.4 Å². The van der Waals surface area contributed by atoms with Crippen LogP contribution in [0.1, 0.15) is 0 Å². The third kappa shape index (κ3) is 1.43. The molecule has 1 aliphatic heterocycles. The van der Waals surface area contributed by atoms with Crippen molar-refractivity contribution in [3.8, 4) is 6.07 Å². The first-order valence-electron chi connectivity index (χ1n) is 3.14. The largest absolute Gasteiger partial charge is 0.315 e. The van der Waals surface area contributed by atoms with E-state index in [9.17, 15) is 0 Å². The molecule has 1 unspecified atom stereocenters. The zero-order valence-corrected chi connectivity index (χ0v) is 5.54. The molecule has 3 atom stereocenters. The molecule has 0 aromatic heterocycles. The first-order valence-corrected chi connectivity index (χ1v) is 3.14. The molecule has 10 heavy (non-hydrogen) atoms. The van der Waals surface area contributed by atoms with Crippen LogP contribution in [-0.4, -0.2) is 19.0 Å². The van der Waals surface area contributed by atoms with Gasteiger partial charge in [-0.1, -0.05) is 0 Å². The summed E-state index contributed by atoms with van der Waals surface area (Å²) in [6.45, 7) is 0.561. The third-order valence-electron chi connectivity index (χ3n) is 1.53. The second-order valence-electron chi connectivity index (χ2n) is 2.31. The van der Waals surface area contributed by atoms with Crippen molar-refractivity contribution < 1.29 is 0 Å². The molecule has 1 heterocycles. The highest BCUT2D eigenvalue weighted by molar-refractivity contribution is 4.94. The minimum absolute atomic E-state index is 0.181. The summed E-state index contributed by atoms with van der Waals surface area (Å²) in [6.07, 6.45) is -0.583. The molecule has 0 bridgehead atoms. The van der Waals surface area contributed by atoms with Crippen LogP contribution in [-0.2, 0) is 0 Å². The standard InChI is InChI=1S/C5H11N5/c6-1-3-2-9-5(8)10-4(3)7/h3-5,9-10H,2,7-8H2/t3-,4-,5?/m0/s1. The van der Waals surface area contributed by atoms with Crippen molar-refractivity contribution in [1.82, 2.24) is 10.6 Å². The Balaban J connectivity index is 2.45. The summed E-state index contributed by atoms with van der Waals surface area (Å²) in [5.41, 5.74) is 11.0. The Morgan fingerprint density at radius 1 is 1.50 bits per heavy atom. The van der Waals surface area contributed by atoms with E-state index in [4.69, 9.17) is 16.7 Å². The Morgan fingerprint density at radius 3 is 2.70 bits per heavy atom. The molecule has 1 aliphatic rings. The van der Waals surface area contributed by atoms with E-state index >= 15 is 0 Å². The molecule has 0 aromatic rings. The minimum atomic E-state index is -0.304. The molecule has 0 aromatic carbocycles. The van der Waals surface area contributed by atoms with Gasteiger partial charge in [0.25, 0.3) is 0 Å². The van der Waals surface area contributed by atoms with E-state index in [0.29, 0.717) is 6.54 Å². The average molecular weight is 141 g/mol. The van der Waals surface area contributed by atoms with Gasteiger partial charge >= 0.3 is 0 Å². The van der Waals surface area contributed by atoms with E-state index in [0.717, 1.165) is 0 Å². The molecular weight excluding hydrogens is 130 g/mol. The summed E-state index contributed by atoms with van der Waals surface area (Å²) >= 11 is 0. The van der Waals surface area contributed by atoms with Gasteiger partial charge in [-0.2, -0.15) is 5.26 Å². The van der Waals surface area contributed by atoms with Crippen LogP contribution in [0.3, 0.4) is 0 Å². The molecular formula is C5H11N5. The quantitative estimate of drug-likeness (QED) is 0.308. The lowest BCUT2D eigenvalue weighted by Crippen LogP contribution is -2.65. The second-order valence-corrected chi connectivity index (χ2v) is 2.31. The average Bonchev–Trinajstić information content (AvgIpc) is 1.88. The summed E-state index contributed by atoms with van der Waals surface area (Å²) in [5, 5.41) is 14.2. The van der Waals surface area contributed by atoms with Crippen molar-refractivity contribution >= 4 is 0 Å². The molecule has 5 nitrogen and oxygen atoms in total. The van der Waals surface area contributed by atoms with Crippen LogP contribution in [0.25, 0.3) is 0 Å². The number of nitriles is 1. The van der Waals surface area contributed by atoms with Crippen LogP contribution in [0.15, 0.2) is 0 Å². The molecule has 0 saturated carbocycles. The van der Waals surface area contributed by atoms with Crippen molar-refractivity contribution in [3.05, 3.63) is 0 Å². The smallest absolute Gasteiger partial charge is 0.110 e. The first kappa shape index (κ1) is 7.44. The lowest BCUT2D eigenvalue weighted by atomic mass is 10.1. The Morgan fingerprint density at radius 2 is 2.20 bits per heavy atom. The van der Waals surface area contributed by atoms with Crippen molar-refractivity contribution in [2.24, 2.45) is 17.4 Å². The van der Waals surface area contributed by atoms with E-state index in [-0.39, 0.29) is 18.4 Å². The van der Waals surface area contributed by atoms with Crippen molar-refractivity contribution in [2.75, 3.05) is 6.54 Å². The van der Waals surface area contributed by atoms with Gasteiger partial charge in [-0.3, -0.25) is 10.6 Å². The Hall–Kier alpha value is -0.670. The molecule has 0 radical (unpaired) electrons. The van der Waals surface area contributed by atoms with Gasteiger partial charge in [0.15, 0.2) is 0 Å². The van der Waals surface area contributed by atoms with Gasteiger partial charge in [-0.25, -0.2) is 0 Å². The van der Waals surface area contributed by atoms with E-state index < -0.39 is 0 Å². The SMILES string of the molecule is N#C[C@H]1CNC(N)N[C@@H]1N. The summed E-state index contributed by atoms with van der Waals surface area (Å²) in [5.74, 6) is -0.181. The van der Waals surface area contributed by atoms with Gasteiger partial charge in [-0.15, -0.1) is 0 Å². The van der Waals surface area contributed by atoms with Crippen LogP contribution in [0.5, 0.6) is 0 Å². The number of nitrogens with one attached hydrogen (secondary N) is 2. The molecule has 1 fully saturated rings. The molecule has 1 saturated heterocycles. The third-order valence-corrected chi connectivity index (χ3v) is 1.53. The van der Waals surface area contributed by atoms with Crippen LogP contribution < -0.4 is 22.1 Å². The minimum Gasteiger partial charge on any atom is -0.315 e. The van der Waals surface area contributed by atoms with Crippen molar-refractivity contribution in [1.29, 1.82) is 5.26 Å². The van der Waals surface area contributed by atoms with Crippen LogP contribution in [0.4, 0.5) is 0 Å². The summed E-state index contributed by atoms with van der Waals surface area (Å²) in [4.78, 5) is 0. The van der Waals surface area contributed by atoms with Gasteiger partial charge in [0.2, 0.25) is 0 Å². The molecule has 6 N–H and O–H groups in total. The Kier molecular flexibility index (Phi) is 2.19. The zero-order valence-electron chi connectivity index (χ0n) is 5.54. The summed E-state index contributed by atoms with van der Waals surface area (Å²) in [7, 11) is 0. The fourth-order valence-electron chi connectivity index (χ4n) is 0.889. The molecule has 5 heteroatoms. The number of nitrogens with two attached hydrogens (primary N) is 2. The summed E-state index contributed by atoms with van der Waals surface area (Å²) in [6, 6.07) is 2.07. The number of hydrogen-bond donors (Lipinski definition) is 4. The monoisotopic (exact) mass is 141 g/mol. The number of hydrogen-bond acceptors (Lipinski definition) is 5. The second kappa shape index (κ2) is 2.94. The first-order chi connectivity index (χ1) is 4.74. The maximum Gasteiger partial charge on any atom is 0.110 e. The van der Waals surface area contributed by atoms with Gasteiger partial charge in [0.1, 0.15) is 6.29 Å². The fourth-order valence-corrected chi connectivity index (χ4v) is 0.889.